The third-order valence-electron chi connectivity index (χ3n) is 4.00. The standard InChI is InChI=1S/C18H19N3O7S2/c1-21(16-7-6-14(11-19-16)28-30(24,25)26)8-9-27-13-4-2-12(3-5-13)10-15-17(22)20-18(23)29-15/h2-7,11,22H,8-10H2,1H3,(H,20,23)(H,24,25,26). The van der Waals surface area contributed by atoms with Gasteiger partial charge in [-0.2, -0.15) is 8.42 Å². The fourth-order valence-electron chi connectivity index (χ4n) is 2.55. The summed E-state index contributed by atoms with van der Waals surface area (Å²) in [4.78, 5) is 19.8. The van der Waals surface area contributed by atoms with E-state index in [0.717, 1.165) is 16.9 Å². The summed E-state index contributed by atoms with van der Waals surface area (Å²) in [7, 11) is -2.78. The molecule has 0 spiro atoms. The first kappa shape index (κ1) is 21.6. The molecule has 30 heavy (non-hydrogen) atoms. The fourth-order valence-corrected chi connectivity index (χ4v) is 3.64. The molecule has 2 aromatic heterocycles. The first-order valence-corrected chi connectivity index (χ1v) is 10.8. The lowest BCUT2D eigenvalue weighted by Crippen LogP contribution is -2.24. The van der Waals surface area contributed by atoms with Gasteiger partial charge in [-0.25, -0.2) is 4.98 Å². The van der Waals surface area contributed by atoms with E-state index in [9.17, 15) is 18.3 Å². The molecule has 0 saturated carbocycles. The maximum atomic E-state index is 11.2. The third kappa shape index (κ3) is 6.20. The van der Waals surface area contributed by atoms with Gasteiger partial charge in [0, 0.05) is 13.5 Å². The van der Waals surface area contributed by atoms with Crippen LogP contribution in [-0.4, -0.2) is 48.2 Å². The first-order valence-electron chi connectivity index (χ1n) is 8.66. The van der Waals surface area contributed by atoms with Crippen LogP contribution >= 0.6 is 11.3 Å². The zero-order valence-electron chi connectivity index (χ0n) is 15.8. The second kappa shape index (κ2) is 9.15. The van der Waals surface area contributed by atoms with Crippen LogP contribution in [0.3, 0.4) is 0 Å². The van der Waals surface area contributed by atoms with Crippen LogP contribution in [0.1, 0.15) is 10.4 Å². The van der Waals surface area contributed by atoms with Crippen molar-refractivity contribution in [2.24, 2.45) is 0 Å². The number of pyridine rings is 1. The maximum absolute atomic E-state index is 11.2. The zero-order valence-corrected chi connectivity index (χ0v) is 17.4. The summed E-state index contributed by atoms with van der Waals surface area (Å²) in [5, 5.41) is 9.65. The Bertz CT molecular complexity index is 1140. The van der Waals surface area contributed by atoms with Gasteiger partial charge in [0.05, 0.1) is 17.6 Å². The van der Waals surface area contributed by atoms with Crippen molar-refractivity contribution in [2.45, 2.75) is 6.42 Å². The first-order chi connectivity index (χ1) is 14.2. The summed E-state index contributed by atoms with van der Waals surface area (Å²) < 4.78 is 40.0. The topological polar surface area (TPSA) is 142 Å². The lowest BCUT2D eigenvalue weighted by atomic mass is 10.1. The Kier molecular flexibility index (Phi) is 6.59. The number of ether oxygens (including phenoxy) is 1. The van der Waals surface area contributed by atoms with Gasteiger partial charge in [0.1, 0.15) is 18.2 Å². The number of H-pyrrole nitrogens is 1. The van der Waals surface area contributed by atoms with E-state index >= 15 is 0 Å². The lowest BCUT2D eigenvalue weighted by molar-refractivity contribution is 0.325. The van der Waals surface area contributed by atoms with Crippen molar-refractivity contribution in [3.63, 3.8) is 0 Å². The summed E-state index contributed by atoms with van der Waals surface area (Å²) in [6.45, 7) is 0.888. The van der Waals surface area contributed by atoms with Crippen LogP contribution in [0, 0.1) is 0 Å². The Morgan fingerprint density at radius 1 is 1.17 bits per heavy atom. The molecule has 0 unspecified atom stereocenters. The molecular weight excluding hydrogens is 434 g/mol. The number of nitrogens with zero attached hydrogens (tertiary/aromatic N) is 2. The third-order valence-corrected chi connectivity index (χ3v) is 5.27. The summed E-state index contributed by atoms with van der Waals surface area (Å²) in [5.41, 5.74) is 0.932. The predicted octanol–water partition coefficient (Wildman–Crippen LogP) is 1.82. The number of hydrogen-bond donors (Lipinski definition) is 3. The fraction of sp³-hybridized carbons (Fsp3) is 0.222. The van der Waals surface area contributed by atoms with E-state index in [1.807, 2.05) is 29.2 Å². The van der Waals surface area contributed by atoms with Crippen molar-refractivity contribution in [1.82, 2.24) is 9.97 Å². The molecule has 0 bridgehead atoms. The summed E-state index contributed by atoms with van der Waals surface area (Å²) in [6.07, 6.45) is 1.64. The second-order valence-electron chi connectivity index (χ2n) is 6.24. The minimum atomic E-state index is -4.58. The number of anilines is 1. The highest BCUT2D eigenvalue weighted by molar-refractivity contribution is 7.81. The van der Waals surface area contributed by atoms with E-state index < -0.39 is 10.4 Å². The molecule has 10 nitrogen and oxygen atoms in total. The van der Waals surface area contributed by atoms with Gasteiger partial charge in [0.2, 0.25) is 5.88 Å². The quantitative estimate of drug-likeness (QED) is 0.414. The van der Waals surface area contributed by atoms with Gasteiger partial charge in [0.25, 0.3) is 0 Å². The van der Waals surface area contributed by atoms with Gasteiger partial charge in [-0.15, -0.1) is 0 Å². The minimum Gasteiger partial charge on any atom is -0.494 e. The van der Waals surface area contributed by atoms with Crippen LogP contribution in [0.25, 0.3) is 0 Å². The van der Waals surface area contributed by atoms with Crippen LogP contribution in [0.2, 0.25) is 0 Å². The molecule has 0 amide bonds. The monoisotopic (exact) mass is 453 g/mol. The smallest absolute Gasteiger partial charge is 0.446 e. The van der Waals surface area contributed by atoms with E-state index in [1.165, 1.54) is 12.3 Å². The van der Waals surface area contributed by atoms with Crippen molar-refractivity contribution >= 4 is 27.6 Å². The highest BCUT2D eigenvalue weighted by Crippen LogP contribution is 2.22. The number of nitrogens with one attached hydrogen (secondary N) is 1. The molecule has 3 rings (SSSR count). The number of thiazole rings is 1. The van der Waals surface area contributed by atoms with E-state index in [2.05, 4.69) is 14.2 Å². The lowest BCUT2D eigenvalue weighted by Gasteiger charge is -2.18. The van der Waals surface area contributed by atoms with Gasteiger partial charge in [0.15, 0.2) is 5.75 Å². The molecule has 0 fully saturated rings. The van der Waals surface area contributed by atoms with Crippen molar-refractivity contribution in [1.29, 1.82) is 0 Å². The number of rotatable bonds is 9. The van der Waals surface area contributed by atoms with Crippen molar-refractivity contribution in [2.75, 3.05) is 25.1 Å². The van der Waals surface area contributed by atoms with Crippen molar-refractivity contribution in [3.05, 3.63) is 62.7 Å². The maximum Gasteiger partial charge on any atom is 0.446 e. The highest BCUT2D eigenvalue weighted by atomic mass is 32.3. The molecule has 0 aliphatic rings. The minimum absolute atomic E-state index is 0.0915. The van der Waals surface area contributed by atoms with Crippen LogP contribution in [0.4, 0.5) is 5.82 Å². The largest absolute Gasteiger partial charge is 0.494 e. The van der Waals surface area contributed by atoms with E-state index in [-0.39, 0.29) is 16.5 Å². The van der Waals surface area contributed by atoms with Crippen LogP contribution < -0.4 is 18.7 Å². The molecule has 0 aliphatic heterocycles. The number of benzene rings is 1. The average Bonchev–Trinajstić information content (AvgIpc) is 2.99. The molecule has 160 valence electrons. The molecule has 0 saturated heterocycles. The number of likely N-dealkylation sites (N-methyl/N-ethyl adjacent to an activating group) is 1. The number of aromatic nitrogens is 2. The van der Waals surface area contributed by atoms with Crippen molar-refractivity contribution < 1.29 is 27.0 Å². The highest BCUT2D eigenvalue weighted by Gasteiger charge is 2.10. The van der Waals surface area contributed by atoms with Gasteiger partial charge in [-0.3, -0.25) is 14.3 Å². The molecule has 0 atom stereocenters. The molecule has 3 N–H and O–H groups in total. The van der Waals surface area contributed by atoms with Crippen molar-refractivity contribution in [3.8, 4) is 17.4 Å². The Morgan fingerprint density at radius 3 is 2.43 bits per heavy atom. The Labute approximate surface area is 176 Å². The van der Waals surface area contributed by atoms with Gasteiger partial charge < -0.3 is 18.9 Å². The average molecular weight is 453 g/mol. The number of hydrogen-bond acceptors (Lipinski definition) is 9. The van der Waals surface area contributed by atoms with Gasteiger partial charge in [-0.05, 0) is 29.8 Å². The number of aromatic hydroxyl groups is 1. The van der Waals surface area contributed by atoms with Crippen LogP contribution in [-0.2, 0) is 16.8 Å². The normalized spacial score (nSPS) is 11.3. The Balaban J connectivity index is 1.48. The predicted molar refractivity (Wildman–Crippen MR) is 111 cm³/mol. The van der Waals surface area contributed by atoms with E-state index in [1.54, 1.807) is 13.1 Å². The van der Waals surface area contributed by atoms with Crippen LogP contribution in [0.5, 0.6) is 17.4 Å². The molecule has 12 heteroatoms. The summed E-state index contributed by atoms with van der Waals surface area (Å²) in [6, 6.07) is 10.3. The van der Waals surface area contributed by atoms with Gasteiger partial charge >= 0.3 is 15.3 Å². The summed E-state index contributed by atoms with van der Waals surface area (Å²) in [5.74, 6) is 1.05. The molecule has 0 aliphatic carbocycles. The number of aromatic amines is 1. The second-order valence-corrected chi connectivity index (χ2v) is 8.33. The van der Waals surface area contributed by atoms with E-state index in [4.69, 9.17) is 9.29 Å². The molecule has 0 radical (unpaired) electrons. The molecule has 1 aromatic carbocycles. The Hall–Kier alpha value is -3.09. The Morgan fingerprint density at radius 2 is 1.87 bits per heavy atom. The molecule has 3 aromatic rings. The van der Waals surface area contributed by atoms with Crippen LogP contribution in [0.15, 0.2) is 47.4 Å². The molecule has 2 heterocycles. The zero-order chi connectivity index (χ0) is 21.7. The SMILES string of the molecule is CN(CCOc1ccc(Cc2sc(=O)[nH]c2O)cc1)c1ccc(OS(=O)(=O)O)cn1. The summed E-state index contributed by atoms with van der Waals surface area (Å²) >= 11 is 0.978. The van der Waals surface area contributed by atoms with E-state index in [0.29, 0.717) is 36.0 Å². The molecular formula is C18H19N3O7S2. The van der Waals surface area contributed by atoms with Gasteiger partial charge in [-0.1, -0.05) is 23.5 Å².